The Balaban J connectivity index is 1.93. The Morgan fingerprint density at radius 1 is 1.24 bits per heavy atom. The monoisotopic (exact) mass is 286 g/mol. The van der Waals surface area contributed by atoms with E-state index in [0.717, 1.165) is 11.1 Å². The van der Waals surface area contributed by atoms with Gasteiger partial charge in [-0.05, 0) is 24.4 Å². The summed E-state index contributed by atoms with van der Waals surface area (Å²) in [5.74, 6) is -0.0289. The number of nitrogens with zero attached hydrogens (tertiary/aromatic N) is 2. The topological polar surface area (TPSA) is 51.5 Å². The highest BCUT2D eigenvalue weighted by atomic mass is 16.5. The van der Waals surface area contributed by atoms with E-state index in [4.69, 9.17) is 4.74 Å². The molecule has 0 saturated carbocycles. The molecule has 0 radical (unpaired) electrons. The van der Waals surface area contributed by atoms with E-state index >= 15 is 0 Å². The van der Waals surface area contributed by atoms with Gasteiger partial charge in [-0.15, -0.1) is 0 Å². The molecule has 2 heterocycles. The molecule has 1 saturated heterocycles. The second kappa shape index (κ2) is 5.69. The molecular formula is C16H18N2O3. The van der Waals surface area contributed by atoms with E-state index in [9.17, 15) is 9.59 Å². The normalized spacial score (nSPS) is 15.4. The van der Waals surface area contributed by atoms with Gasteiger partial charge < -0.3 is 14.2 Å². The maximum absolute atomic E-state index is 12.5. The van der Waals surface area contributed by atoms with Gasteiger partial charge in [-0.25, -0.2) is 0 Å². The molecule has 0 atom stereocenters. The molecular weight excluding hydrogens is 268 g/mol. The predicted octanol–water partition coefficient (Wildman–Crippen LogP) is 1.17. The van der Waals surface area contributed by atoms with E-state index in [2.05, 4.69) is 0 Å². The number of hydrogen-bond acceptors (Lipinski definition) is 3. The summed E-state index contributed by atoms with van der Waals surface area (Å²) in [6, 6.07) is 9.41. The molecule has 2 aromatic rings. The molecule has 1 fully saturated rings. The average Bonchev–Trinajstić information content (AvgIpc) is 2.52. The van der Waals surface area contributed by atoms with Crippen LogP contribution in [0.2, 0.25) is 0 Å². The number of aryl methyl sites for hydroxylation is 1. The van der Waals surface area contributed by atoms with Gasteiger partial charge in [-0.3, -0.25) is 9.59 Å². The summed E-state index contributed by atoms with van der Waals surface area (Å²) in [6.45, 7) is 4.28. The van der Waals surface area contributed by atoms with Gasteiger partial charge in [-0.2, -0.15) is 0 Å². The highest BCUT2D eigenvalue weighted by Gasteiger charge is 2.18. The zero-order valence-corrected chi connectivity index (χ0v) is 12.0. The number of rotatable bonds is 2. The van der Waals surface area contributed by atoms with Gasteiger partial charge in [0.1, 0.15) is 6.54 Å². The fourth-order valence-corrected chi connectivity index (χ4v) is 2.67. The second-order valence-corrected chi connectivity index (χ2v) is 5.26. The summed E-state index contributed by atoms with van der Waals surface area (Å²) in [6.07, 6.45) is 0. The molecule has 5 heteroatoms. The minimum Gasteiger partial charge on any atom is -0.378 e. The van der Waals surface area contributed by atoms with Crippen molar-refractivity contribution in [3.05, 3.63) is 46.4 Å². The predicted molar refractivity (Wildman–Crippen MR) is 80.3 cm³/mol. The zero-order chi connectivity index (χ0) is 14.8. The van der Waals surface area contributed by atoms with Crippen LogP contribution in [-0.2, 0) is 16.1 Å². The Bertz CT molecular complexity index is 730. The SMILES string of the molecule is Cc1cc2ccccc2c(=O)n1CC(=O)N1CCOCC1. The van der Waals surface area contributed by atoms with Gasteiger partial charge in [0.15, 0.2) is 0 Å². The number of carbonyl (C=O) groups is 1. The van der Waals surface area contributed by atoms with Crippen molar-refractivity contribution in [2.24, 2.45) is 0 Å². The number of fused-ring (bicyclic) bond motifs is 1. The molecule has 1 aliphatic rings. The van der Waals surface area contributed by atoms with Crippen molar-refractivity contribution in [2.45, 2.75) is 13.5 Å². The molecule has 5 nitrogen and oxygen atoms in total. The molecule has 1 aromatic heterocycles. The summed E-state index contributed by atoms with van der Waals surface area (Å²) < 4.78 is 6.80. The van der Waals surface area contributed by atoms with E-state index in [0.29, 0.717) is 31.7 Å². The lowest BCUT2D eigenvalue weighted by Crippen LogP contribution is -2.43. The van der Waals surface area contributed by atoms with Crippen LogP contribution in [0.5, 0.6) is 0 Å². The number of ether oxygens (including phenoxy) is 1. The van der Waals surface area contributed by atoms with Gasteiger partial charge in [0, 0.05) is 24.2 Å². The Morgan fingerprint density at radius 3 is 2.71 bits per heavy atom. The molecule has 3 rings (SSSR count). The molecule has 0 spiro atoms. The van der Waals surface area contributed by atoms with Crippen molar-refractivity contribution in [3.63, 3.8) is 0 Å². The van der Waals surface area contributed by atoms with Crippen LogP contribution in [-0.4, -0.2) is 41.7 Å². The molecule has 0 N–H and O–H groups in total. The fourth-order valence-electron chi connectivity index (χ4n) is 2.67. The molecule has 21 heavy (non-hydrogen) atoms. The Kier molecular flexibility index (Phi) is 3.75. The van der Waals surface area contributed by atoms with Gasteiger partial charge >= 0.3 is 0 Å². The summed E-state index contributed by atoms with van der Waals surface area (Å²) in [5, 5.41) is 1.56. The van der Waals surface area contributed by atoms with Gasteiger partial charge in [0.05, 0.1) is 13.2 Å². The number of pyridine rings is 1. The Hall–Kier alpha value is -2.14. The molecule has 110 valence electrons. The first-order chi connectivity index (χ1) is 10.2. The number of amides is 1. The lowest BCUT2D eigenvalue weighted by molar-refractivity contribution is -0.135. The average molecular weight is 286 g/mol. The summed E-state index contributed by atoms with van der Waals surface area (Å²) >= 11 is 0. The molecule has 1 aliphatic heterocycles. The van der Waals surface area contributed by atoms with Gasteiger partial charge in [-0.1, -0.05) is 18.2 Å². The number of carbonyl (C=O) groups excluding carboxylic acids is 1. The summed E-state index contributed by atoms with van der Waals surface area (Å²) in [4.78, 5) is 26.6. The second-order valence-electron chi connectivity index (χ2n) is 5.26. The number of morpholine rings is 1. The van der Waals surface area contributed by atoms with E-state index in [1.807, 2.05) is 31.2 Å². The van der Waals surface area contributed by atoms with Crippen LogP contribution in [0.25, 0.3) is 10.8 Å². The largest absolute Gasteiger partial charge is 0.378 e. The molecule has 0 aliphatic carbocycles. The van der Waals surface area contributed by atoms with Crippen LogP contribution in [0.15, 0.2) is 35.1 Å². The molecule has 1 aromatic carbocycles. The first-order valence-electron chi connectivity index (χ1n) is 7.11. The third-order valence-electron chi connectivity index (χ3n) is 3.88. The van der Waals surface area contributed by atoms with Crippen LogP contribution >= 0.6 is 0 Å². The summed E-state index contributed by atoms with van der Waals surface area (Å²) in [5.41, 5.74) is 0.701. The van der Waals surface area contributed by atoms with Crippen molar-refractivity contribution in [1.82, 2.24) is 9.47 Å². The lowest BCUT2D eigenvalue weighted by Gasteiger charge is -2.27. The van der Waals surface area contributed by atoms with Crippen LogP contribution in [0.4, 0.5) is 0 Å². The number of benzene rings is 1. The van der Waals surface area contributed by atoms with Crippen LogP contribution in [0, 0.1) is 6.92 Å². The maximum atomic E-state index is 12.5. The molecule has 0 unspecified atom stereocenters. The van der Waals surface area contributed by atoms with Crippen LogP contribution in [0.1, 0.15) is 5.69 Å². The van der Waals surface area contributed by atoms with E-state index in [1.54, 1.807) is 15.5 Å². The Labute approximate surface area is 122 Å². The van der Waals surface area contributed by atoms with Crippen molar-refractivity contribution < 1.29 is 9.53 Å². The van der Waals surface area contributed by atoms with E-state index in [1.165, 1.54) is 0 Å². The first-order valence-corrected chi connectivity index (χ1v) is 7.11. The fraction of sp³-hybridized carbons (Fsp3) is 0.375. The zero-order valence-electron chi connectivity index (χ0n) is 12.0. The standard InChI is InChI=1S/C16H18N2O3/c1-12-10-13-4-2-3-5-14(13)16(20)18(12)11-15(19)17-6-8-21-9-7-17/h2-5,10H,6-9,11H2,1H3. The first kappa shape index (κ1) is 13.8. The van der Waals surface area contributed by atoms with Gasteiger partial charge in [0.2, 0.25) is 5.91 Å². The quantitative estimate of drug-likeness (QED) is 0.832. The maximum Gasteiger partial charge on any atom is 0.259 e. The third-order valence-corrected chi connectivity index (χ3v) is 3.88. The lowest BCUT2D eigenvalue weighted by atomic mass is 10.1. The molecule has 1 amide bonds. The van der Waals surface area contributed by atoms with Crippen molar-refractivity contribution in [2.75, 3.05) is 26.3 Å². The minimum atomic E-state index is -0.104. The number of hydrogen-bond donors (Lipinski definition) is 0. The van der Waals surface area contributed by atoms with Crippen molar-refractivity contribution in [3.8, 4) is 0 Å². The van der Waals surface area contributed by atoms with Crippen molar-refractivity contribution in [1.29, 1.82) is 0 Å². The van der Waals surface area contributed by atoms with Crippen LogP contribution in [0.3, 0.4) is 0 Å². The van der Waals surface area contributed by atoms with E-state index < -0.39 is 0 Å². The van der Waals surface area contributed by atoms with Gasteiger partial charge in [0.25, 0.3) is 5.56 Å². The molecule has 0 bridgehead atoms. The minimum absolute atomic E-state index is 0.0289. The van der Waals surface area contributed by atoms with E-state index in [-0.39, 0.29) is 18.0 Å². The van der Waals surface area contributed by atoms with Crippen LogP contribution < -0.4 is 5.56 Å². The highest BCUT2D eigenvalue weighted by Crippen LogP contribution is 2.11. The Morgan fingerprint density at radius 2 is 1.95 bits per heavy atom. The third kappa shape index (κ3) is 2.69. The van der Waals surface area contributed by atoms with Crippen molar-refractivity contribution >= 4 is 16.7 Å². The summed E-state index contributed by atoms with van der Waals surface area (Å²) in [7, 11) is 0. The highest BCUT2D eigenvalue weighted by molar-refractivity contribution is 5.82. The number of aromatic nitrogens is 1. The smallest absolute Gasteiger partial charge is 0.259 e.